The van der Waals surface area contributed by atoms with Gasteiger partial charge in [0.15, 0.2) is 0 Å². The van der Waals surface area contributed by atoms with Gasteiger partial charge in [0.1, 0.15) is 0 Å². The molecule has 0 spiro atoms. The molecular weight excluding hydrogens is 254 g/mol. The van der Waals surface area contributed by atoms with Gasteiger partial charge in [0.2, 0.25) is 5.88 Å². The topological polar surface area (TPSA) is 22.1 Å². The molecule has 1 aromatic heterocycles. The second-order valence-electron chi connectivity index (χ2n) is 4.21. The predicted molar refractivity (Wildman–Crippen MR) is 63.9 cm³/mol. The Morgan fingerprint density at radius 2 is 2.27 bits per heavy atom. The largest absolute Gasteiger partial charge is 0.477 e. The van der Waals surface area contributed by atoms with Crippen molar-refractivity contribution >= 4 is 15.9 Å². The second kappa shape index (κ2) is 4.97. The van der Waals surface area contributed by atoms with E-state index in [9.17, 15) is 0 Å². The van der Waals surface area contributed by atoms with E-state index in [2.05, 4.69) is 27.8 Å². The van der Waals surface area contributed by atoms with Gasteiger partial charge in [0, 0.05) is 6.20 Å². The van der Waals surface area contributed by atoms with Crippen molar-refractivity contribution in [2.24, 2.45) is 11.8 Å². The Morgan fingerprint density at radius 3 is 2.93 bits per heavy atom. The Labute approximate surface area is 99.2 Å². The molecule has 3 heteroatoms. The van der Waals surface area contributed by atoms with Gasteiger partial charge < -0.3 is 4.74 Å². The van der Waals surface area contributed by atoms with Crippen LogP contribution in [0, 0.1) is 11.8 Å². The predicted octanol–water partition coefficient (Wildman–Crippen LogP) is 3.66. The molecule has 2 nitrogen and oxygen atoms in total. The van der Waals surface area contributed by atoms with E-state index in [4.69, 9.17) is 4.74 Å². The molecule has 2 rings (SSSR count). The third-order valence-electron chi connectivity index (χ3n) is 3.09. The molecule has 0 atom stereocenters. The van der Waals surface area contributed by atoms with Gasteiger partial charge in [-0.3, -0.25) is 0 Å². The molecule has 1 saturated carbocycles. The van der Waals surface area contributed by atoms with Crippen LogP contribution < -0.4 is 4.74 Å². The first-order valence-electron chi connectivity index (χ1n) is 5.53. The van der Waals surface area contributed by atoms with E-state index in [0.717, 1.165) is 28.8 Å². The summed E-state index contributed by atoms with van der Waals surface area (Å²) in [4.78, 5) is 4.18. The Balaban J connectivity index is 1.77. The van der Waals surface area contributed by atoms with E-state index in [0.29, 0.717) is 0 Å². The summed E-state index contributed by atoms with van der Waals surface area (Å²) in [6.07, 6.45) is 5.71. The number of pyridine rings is 1. The fraction of sp³-hybridized carbons (Fsp3) is 0.583. The Bertz CT molecular complexity index is 323. The molecule has 0 amide bonds. The van der Waals surface area contributed by atoms with E-state index in [-0.39, 0.29) is 0 Å². The molecule has 1 heterocycles. The lowest BCUT2D eigenvalue weighted by Gasteiger charge is -2.34. The zero-order chi connectivity index (χ0) is 10.7. The van der Waals surface area contributed by atoms with Gasteiger partial charge in [-0.2, -0.15) is 0 Å². The van der Waals surface area contributed by atoms with Crippen molar-refractivity contribution in [2.75, 3.05) is 6.61 Å². The smallest absolute Gasteiger partial charge is 0.227 e. The molecule has 0 radical (unpaired) electrons. The van der Waals surface area contributed by atoms with Crippen molar-refractivity contribution in [3.8, 4) is 5.88 Å². The van der Waals surface area contributed by atoms with Crippen LogP contribution in [0.25, 0.3) is 0 Å². The molecule has 1 aliphatic carbocycles. The molecule has 82 valence electrons. The zero-order valence-corrected chi connectivity index (χ0v) is 10.5. The van der Waals surface area contributed by atoms with Crippen molar-refractivity contribution < 1.29 is 4.74 Å². The number of hydrogen-bond donors (Lipinski definition) is 0. The van der Waals surface area contributed by atoms with Crippen molar-refractivity contribution in [3.63, 3.8) is 0 Å². The molecule has 0 aliphatic heterocycles. The molecule has 0 N–H and O–H groups in total. The number of aromatic nitrogens is 1. The average molecular weight is 270 g/mol. The number of rotatable bonds is 4. The lowest BCUT2D eigenvalue weighted by atomic mass is 9.74. The van der Waals surface area contributed by atoms with Gasteiger partial charge in [-0.1, -0.05) is 13.3 Å². The van der Waals surface area contributed by atoms with Crippen LogP contribution in [0.4, 0.5) is 0 Å². The maximum atomic E-state index is 5.68. The van der Waals surface area contributed by atoms with Crippen LogP contribution in [0.5, 0.6) is 5.88 Å². The maximum Gasteiger partial charge on any atom is 0.227 e. The summed E-state index contributed by atoms with van der Waals surface area (Å²) in [7, 11) is 0. The standard InChI is InChI=1S/C12H16BrNO/c1-2-9-6-10(7-9)8-15-12-11(13)4-3-5-14-12/h3-5,9-10H,2,6-8H2,1H3. The maximum absolute atomic E-state index is 5.68. The summed E-state index contributed by atoms with van der Waals surface area (Å²) >= 11 is 3.42. The Hall–Kier alpha value is -0.570. The molecule has 1 fully saturated rings. The van der Waals surface area contributed by atoms with Gasteiger partial charge in [0.05, 0.1) is 11.1 Å². The first kappa shape index (κ1) is 10.9. The highest BCUT2D eigenvalue weighted by molar-refractivity contribution is 9.10. The van der Waals surface area contributed by atoms with Crippen molar-refractivity contribution in [3.05, 3.63) is 22.8 Å². The molecule has 0 saturated heterocycles. The van der Waals surface area contributed by atoms with Crippen LogP contribution >= 0.6 is 15.9 Å². The minimum absolute atomic E-state index is 0.720. The molecular formula is C12H16BrNO. The Morgan fingerprint density at radius 1 is 1.47 bits per heavy atom. The SMILES string of the molecule is CCC1CC(COc2ncccc2Br)C1. The monoisotopic (exact) mass is 269 g/mol. The van der Waals surface area contributed by atoms with Crippen molar-refractivity contribution in [1.29, 1.82) is 0 Å². The minimum Gasteiger partial charge on any atom is -0.477 e. The van der Waals surface area contributed by atoms with Crippen LogP contribution in [0.1, 0.15) is 26.2 Å². The first-order chi connectivity index (χ1) is 7.29. The van der Waals surface area contributed by atoms with Crippen molar-refractivity contribution in [2.45, 2.75) is 26.2 Å². The minimum atomic E-state index is 0.720. The van der Waals surface area contributed by atoms with Gasteiger partial charge in [-0.25, -0.2) is 4.98 Å². The number of hydrogen-bond acceptors (Lipinski definition) is 2. The first-order valence-corrected chi connectivity index (χ1v) is 6.32. The number of ether oxygens (including phenoxy) is 1. The Kier molecular flexibility index (Phi) is 3.62. The van der Waals surface area contributed by atoms with E-state index in [1.165, 1.54) is 19.3 Å². The highest BCUT2D eigenvalue weighted by Gasteiger charge is 2.28. The summed E-state index contributed by atoms with van der Waals surface area (Å²) in [5.41, 5.74) is 0. The second-order valence-corrected chi connectivity index (χ2v) is 5.07. The molecule has 0 bridgehead atoms. The van der Waals surface area contributed by atoms with Crippen LogP contribution in [-0.4, -0.2) is 11.6 Å². The fourth-order valence-corrected chi connectivity index (χ4v) is 2.39. The fourth-order valence-electron chi connectivity index (χ4n) is 2.02. The summed E-state index contributed by atoms with van der Waals surface area (Å²) in [5.74, 6) is 2.40. The molecule has 0 unspecified atom stereocenters. The highest BCUT2D eigenvalue weighted by Crippen LogP contribution is 2.36. The molecule has 15 heavy (non-hydrogen) atoms. The van der Waals surface area contributed by atoms with Crippen LogP contribution in [0.15, 0.2) is 22.8 Å². The van der Waals surface area contributed by atoms with Crippen LogP contribution in [0.2, 0.25) is 0 Å². The molecule has 1 aromatic rings. The normalized spacial score (nSPS) is 24.7. The van der Waals surface area contributed by atoms with Crippen LogP contribution in [-0.2, 0) is 0 Å². The van der Waals surface area contributed by atoms with Gasteiger partial charge in [-0.15, -0.1) is 0 Å². The van der Waals surface area contributed by atoms with E-state index < -0.39 is 0 Å². The lowest BCUT2D eigenvalue weighted by molar-refractivity contribution is 0.114. The zero-order valence-electron chi connectivity index (χ0n) is 8.95. The van der Waals surface area contributed by atoms with E-state index in [1.807, 2.05) is 12.1 Å². The summed E-state index contributed by atoms with van der Waals surface area (Å²) in [6, 6.07) is 3.85. The summed E-state index contributed by atoms with van der Waals surface area (Å²) in [5, 5.41) is 0. The molecule has 0 aromatic carbocycles. The highest BCUT2D eigenvalue weighted by atomic mass is 79.9. The average Bonchev–Trinajstić information content (AvgIpc) is 2.18. The third kappa shape index (κ3) is 2.71. The summed E-state index contributed by atoms with van der Waals surface area (Å²) < 4.78 is 6.62. The van der Waals surface area contributed by atoms with Gasteiger partial charge >= 0.3 is 0 Å². The lowest BCUT2D eigenvalue weighted by Crippen LogP contribution is -2.28. The van der Waals surface area contributed by atoms with Crippen LogP contribution in [0.3, 0.4) is 0 Å². The van der Waals surface area contributed by atoms with Gasteiger partial charge in [-0.05, 0) is 52.7 Å². The quantitative estimate of drug-likeness (QED) is 0.833. The van der Waals surface area contributed by atoms with E-state index in [1.54, 1.807) is 6.20 Å². The molecule has 1 aliphatic rings. The number of halogens is 1. The number of nitrogens with zero attached hydrogens (tertiary/aromatic N) is 1. The summed E-state index contributed by atoms with van der Waals surface area (Å²) in [6.45, 7) is 3.07. The van der Waals surface area contributed by atoms with E-state index >= 15 is 0 Å². The van der Waals surface area contributed by atoms with Crippen molar-refractivity contribution in [1.82, 2.24) is 4.98 Å². The van der Waals surface area contributed by atoms with Gasteiger partial charge in [0.25, 0.3) is 0 Å². The third-order valence-corrected chi connectivity index (χ3v) is 3.69.